The van der Waals surface area contributed by atoms with Crippen LogP contribution in [0.2, 0.25) is 0 Å². The zero-order valence-corrected chi connectivity index (χ0v) is 8.83. The molecule has 0 radical (unpaired) electrons. The monoisotopic (exact) mass is 200 g/mol. The van der Waals surface area contributed by atoms with Gasteiger partial charge in [-0.3, -0.25) is 9.59 Å². The lowest BCUT2D eigenvalue weighted by atomic mass is 9.85. The normalized spacial score (nSPS) is 10.8. The van der Waals surface area contributed by atoms with E-state index in [4.69, 9.17) is 0 Å². The molecule has 0 amide bonds. The van der Waals surface area contributed by atoms with Crippen molar-refractivity contribution in [1.82, 2.24) is 0 Å². The van der Waals surface area contributed by atoms with Crippen LogP contribution in [0.4, 0.5) is 0 Å². The highest BCUT2D eigenvalue weighted by atomic mass is 16.5. The van der Waals surface area contributed by atoms with Gasteiger partial charge >= 0.3 is 5.97 Å². The first kappa shape index (κ1) is 12.8. The third kappa shape index (κ3) is 3.28. The quantitative estimate of drug-likeness (QED) is 0.279. The Kier molecular flexibility index (Phi) is 5.05. The summed E-state index contributed by atoms with van der Waals surface area (Å²) in [4.78, 5) is 32.7. The van der Waals surface area contributed by atoms with Gasteiger partial charge in [-0.25, -0.2) is 0 Å². The Balaban J connectivity index is 4.21. The lowest BCUT2D eigenvalue weighted by Gasteiger charge is -2.19. The summed E-state index contributed by atoms with van der Waals surface area (Å²) in [5, 5.41) is 0. The van der Waals surface area contributed by atoms with E-state index in [1.165, 1.54) is 21.0 Å². The minimum Gasteiger partial charge on any atom is -0.468 e. The summed E-state index contributed by atoms with van der Waals surface area (Å²) >= 11 is 0. The Morgan fingerprint density at radius 2 is 1.93 bits per heavy atom. The Labute approximate surface area is 83.6 Å². The fourth-order valence-corrected chi connectivity index (χ4v) is 1.03. The first-order valence-corrected chi connectivity index (χ1v) is 4.52. The standard InChI is InChI=1S/C10H16O4/c1-10(2,9(13)14-3)8(12)6-4-5-7-11/h7H,4-6H2,1-3H3. The number of hydrogen-bond donors (Lipinski definition) is 0. The van der Waals surface area contributed by atoms with E-state index in [0.29, 0.717) is 12.8 Å². The molecule has 0 aromatic carbocycles. The molecule has 0 rings (SSSR count). The number of ketones is 1. The molecule has 0 saturated heterocycles. The van der Waals surface area contributed by atoms with Crippen molar-refractivity contribution in [3.05, 3.63) is 0 Å². The molecular weight excluding hydrogens is 184 g/mol. The summed E-state index contributed by atoms with van der Waals surface area (Å²) in [6.07, 6.45) is 1.84. The molecule has 14 heavy (non-hydrogen) atoms. The van der Waals surface area contributed by atoms with Gasteiger partial charge in [-0.05, 0) is 20.3 Å². The molecule has 4 nitrogen and oxygen atoms in total. The summed E-state index contributed by atoms with van der Waals surface area (Å²) in [5.74, 6) is -0.722. The highest BCUT2D eigenvalue weighted by Crippen LogP contribution is 2.21. The van der Waals surface area contributed by atoms with Crippen LogP contribution in [0.5, 0.6) is 0 Å². The molecular formula is C10H16O4. The van der Waals surface area contributed by atoms with Crippen molar-refractivity contribution in [2.24, 2.45) is 5.41 Å². The molecule has 0 aliphatic rings. The van der Waals surface area contributed by atoms with E-state index in [0.717, 1.165) is 6.29 Å². The van der Waals surface area contributed by atoms with Crippen molar-refractivity contribution < 1.29 is 19.1 Å². The average Bonchev–Trinajstić information content (AvgIpc) is 2.16. The van der Waals surface area contributed by atoms with E-state index >= 15 is 0 Å². The minimum atomic E-state index is -1.10. The smallest absolute Gasteiger partial charge is 0.318 e. The zero-order chi connectivity index (χ0) is 11.2. The Morgan fingerprint density at radius 1 is 1.36 bits per heavy atom. The Bertz CT molecular complexity index is 230. The highest BCUT2D eigenvalue weighted by Gasteiger charge is 2.35. The van der Waals surface area contributed by atoms with Crippen LogP contribution in [0.1, 0.15) is 33.1 Å². The molecule has 0 spiro atoms. The predicted molar refractivity (Wildman–Crippen MR) is 50.7 cm³/mol. The van der Waals surface area contributed by atoms with E-state index in [2.05, 4.69) is 4.74 Å². The van der Waals surface area contributed by atoms with Crippen LogP contribution in [-0.2, 0) is 19.1 Å². The average molecular weight is 200 g/mol. The molecule has 0 heterocycles. The number of methoxy groups -OCH3 is 1. The van der Waals surface area contributed by atoms with Gasteiger partial charge in [0.2, 0.25) is 0 Å². The summed E-state index contributed by atoms with van der Waals surface area (Å²) in [6.45, 7) is 3.06. The van der Waals surface area contributed by atoms with Gasteiger partial charge in [-0.1, -0.05) is 0 Å². The van der Waals surface area contributed by atoms with Crippen molar-refractivity contribution >= 4 is 18.0 Å². The number of unbranched alkanes of at least 4 members (excludes halogenated alkanes) is 1. The maximum Gasteiger partial charge on any atom is 0.318 e. The Morgan fingerprint density at radius 3 is 2.36 bits per heavy atom. The predicted octanol–water partition coefficient (Wildman–Crippen LogP) is 1.12. The molecule has 4 heteroatoms. The van der Waals surface area contributed by atoms with Crippen LogP contribution < -0.4 is 0 Å². The SMILES string of the molecule is COC(=O)C(C)(C)C(=O)CCCC=O. The highest BCUT2D eigenvalue weighted by molar-refractivity contribution is 6.02. The van der Waals surface area contributed by atoms with Gasteiger partial charge in [0.25, 0.3) is 0 Å². The molecule has 0 aromatic heterocycles. The van der Waals surface area contributed by atoms with Crippen molar-refractivity contribution in [3.63, 3.8) is 0 Å². The summed E-state index contributed by atoms with van der Waals surface area (Å²) in [7, 11) is 1.25. The first-order valence-electron chi connectivity index (χ1n) is 4.52. The van der Waals surface area contributed by atoms with Gasteiger partial charge in [-0.15, -0.1) is 0 Å². The fraction of sp³-hybridized carbons (Fsp3) is 0.700. The third-order valence-corrected chi connectivity index (χ3v) is 2.12. The summed E-state index contributed by atoms with van der Waals surface area (Å²) < 4.78 is 4.51. The molecule has 0 unspecified atom stereocenters. The van der Waals surface area contributed by atoms with Gasteiger partial charge in [0, 0.05) is 12.8 Å². The molecule has 0 bridgehead atoms. The van der Waals surface area contributed by atoms with Gasteiger partial charge in [0.05, 0.1) is 7.11 Å². The van der Waals surface area contributed by atoms with E-state index in [-0.39, 0.29) is 12.2 Å². The number of aldehydes is 1. The molecule has 0 aliphatic heterocycles. The number of ether oxygens (including phenoxy) is 1. The van der Waals surface area contributed by atoms with Crippen molar-refractivity contribution in [2.75, 3.05) is 7.11 Å². The molecule has 0 aliphatic carbocycles. The van der Waals surface area contributed by atoms with E-state index in [9.17, 15) is 14.4 Å². The molecule has 0 atom stereocenters. The van der Waals surface area contributed by atoms with E-state index in [1.54, 1.807) is 0 Å². The second-order valence-electron chi connectivity index (χ2n) is 3.60. The van der Waals surface area contributed by atoms with Crippen LogP contribution in [0.15, 0.2) is 0 Å². The molecule has 0 fully saturated rings. The maximum atomic E-state index is 11.5. The van der Waals surface area contributed by atoms with Crippen LogP contribution >= 0.6 is 0 Å². The number of esters is 1. The van der Waals surface area contributed by atoms with Crippen molar-refractivity contribution in [2.45, 2.75) is 33.1 Å². The summed E-state index contributed by atoms with van der Waals surface area (Å²) in [5.41, 5.74) is -1.10. The lowest BCUT2D eigenvalue weighted by Crippen LogP contribution is -2.34. The molecule has 80 valence electrons. The van der Waals surface area contributed by atoms with E-state index < -0.39 is 11.4 Å². The largest absolute Gasteiger partial charge is 0.468 e. The minimum absolute atomic E-state index is 0.189. The van der Waals surface area contributed by atoms with Crippen molar-refractivity contribution in [1.29, 1.82) is 0 Å². The van der Waals surface area contributed by atoms with Crippen LogP contribution in [0.25, 0.3) is 0 Å². The van der Waals surface area contributed by atoms with Crippen LogP contribution in [0, 0.1) is 5.41 Å². The molecule has 0 aromatic rings. The van der Waals surface area contributed by atoms with Crippen LogP contribution in [-0.4, -0.2) is 25.1 Å². The number of carbonyl (C=O) groups excluding carboxylic acids is 3. The fourth-order valence-electron chi connectivity index (χ4n) is 1.03. The number of Topliss-reactive ketones (excluding diaryl/α,β-unsaturated/α-hetero) is 1. The maximum absolute atomic E-state index is 11.5. The van der Waals surface area contributed by atoms with Gasteiger partial charge < -0.3 is 9.53 Å². The van der Waals surface area contributed by atoms with Crippen molar-refractivity contribution in [3.8, 4) is 0 Å². The Hall–Kier alpha value is -1.19. The number of rotatable bonds is 6. The second kappa shape index (κ2) is 5.52. The summed E-state index contributed by atoms with van der Waals surface area (Å²) in [6, 6.07) is 0. The van der Waals surface area contributed by atoms with E-state index in [1.807, 2.05) is 0 Å². The lowest BCUT2D eigenvalue weighted by molar-refractivity contribution is -0.155. The van der Waals surface area contributed by atoms with Gasteiger partial charge in [0.15, 0.2) is 0 Å². The second-order valence-corrected chi connectivity index (χ2v) is 3.60. The van der Waals surface area contributed by atoms with Gasteiger partial charge in [0.1, 0.15) is 17.5 Å². The molecule has 0 saturated carbocycles. The topological polar surface area (TPSA) is 60.4 Å². The molecule has 0 N–H and O–H groups in total. The zero-order valence-electron chi connectivity index (χ0n) is 8.83. The number of carbonyl (C=O) groups is 3. The third-order valence-electron chi connectivity index (χ3n) is 2.12. The van der Waals surface area contributed by atoms with Gasteiger partial charge in [-0.2, -0.15) is 0 Å². The van der Waals surface area contributed by atoms with Crippen LogP contribution in [0.3, 0.4) is 0 Å². The first-order chi connectivity index (χ1) is 6.46. The number of hydrogen-bond acceptors (Lipinski definition) is 4.